The summed E-state index contributed by atoms with van der Waals surface area (Å²) < 4.78 is 15.4. The van der Waals surface area contributed by atoms with Crippen LogP contribution in [-0.4, -0.2) is 11.0 Å². The van der Waals surface area contributed by atoms with Gasteiger partial charge in [-0.2, -0.15) is 0 Å². The Balaban J connectivity index is 0. The van der Waals surface area contributed by atoms with E-state index in [9.17, 15) is 4.57 Å². The van der Waals surface area contributed by atoms with Crippen LogP contribution in [-0.2, 0) is 9.09 Å². The van der Waals surface area contributed by atoms with Crippen molar-refractivity contribution in [2.24, 2.45) is 5.50 Å². The van der Waals surface area contributed by atoms with Crippen molar-refractivity contribution in [3.05, 3.63) is 0 Å². The monoisotopic (exact) mass is 203 g/mol. The quantitative estimate of drug-likeness (QED) is 0.423. The Hall–Kier alpha value is 1.11. The Morgan fingerprint density at radius 1 is 1.42 bits per heavy atom. The van der Waals surface area contributed by atoms with Gasteiger partial charge in [0.1, 0.15) is 0 Å². The van der Waals surface area contributed by atoms with Gasteiger partial charge in [0.25, 0.3) is 0 Å². The summed E-state index contributed by atoms with van der Waals surface area (Å²) in [7, 11) is -3.73. The smallest absolute Gasteiger partial charge is 1.00 e. The minimum absolute atomic E-state index is 0. The molecule has 0 aromatic carbocycles. The maximum Gasteiger partial charge on any atom is 1.00 e. The summed E-state index contributed by atoms with van der Waals surface area (Å²) in [6, 6.07) is 0. The summed E-state index contributed by atoms with van der Waals surface area (Å²) in [5.74, 6) is 0. The first kappa shape index (κ1) is 13.1. The molecule has 0 bridgehead atoms. The Morgan fingerprint density at radius 3 is 2.33 bits per heavy atom. The van der Waals surface area contributed by atoms with Gasteiger partial charge in [0.2, 0.25) is 0 Å². The molecule has 0 radical (unpaired) electrons. The molecule has 6 heteroatoms. The molecule has 0 heterocycles. The predicted molar refractivity (Wildman–Crippen MR) is 43.1 cm³/mol. The molecule has 0 aromatic rings. The SMILES string of the molecule is NP(=O)(O)OC1CCCCC1.[H-].[Na+]. The molecule has 0 aromatic heterocycles. The number of hydrogen-bond donors (Lipinski definition) is 2. The van der Waals surface area contributed by atoms with E-state index in [1.165, 1.54) is 6.42 Å². The van der Waals surface area contributed by atoms with Gasteiger partial charge < -0.3 is 6.32 Å². The Kier molecular flexibility index (Phi) is 6.29. The van der Waals surface area contributed by atoms with Crippen LogP contribution in [0.3, 0.4) is 0 Å². The van der Waals surface area contributed by atoms with E-state index in [-0.39, 0.29) is 37.1 Å². The van der Waals surface area contributed by atoms with Gasteiger partial charge in [0.15, 0.2) is 0 Å². The van der Waals surface area contributed by atoms with Gasteiger partial charge in [-0.15, -0.1) is 0 Å². The van der Waals surface area contributed by atoms with Crippen LogP contribution < -0.4 is 35.1 Å². The predicted octanol–water partition coefficient (Wildman–Crippen LogP) is -1.49. The van der Waals surface area contributed by atoms with Crippen molar-refractivity contribution >= 4 is 7.75 Å². The normalized spacial score (nSPS) is 24.2. The first-order valence-corrected chi connectivity index (χ1v) is 5.52. The van der Waals surface area contributed by atoms with E-state index in [1.54, 1.807) is 0 Å². The molecule has 1 unspecified atom stereocenters. The van der Waals surface area contributed by atoms with Crippen molar-refractivity contribution < 1.29 is 45.0 Å². The Morgan fingerprint density at radius 2 is 1.92 bits per heavy atom. The minimum Gasteiger partial charge on any atom is -1.00 e. The van der Waals surface area contributed by atoms with Gasteiger partial charge in [-0.1, -0.05) is 19.3 Å². The van der Waals surface area contributed by atoms with Crippen molar-refractivity contribution in [3.63, 3.8) is 0 Å². The van der Waals surface area contributed by atoms with Gasteiger partial charge in [0, 0.05) is 0 Å². The summed E-state index contributed by atoms with van der Waals surface area (Å²) in [6.45, 7) is 0. The van der Waals surface area contributed by atoms with Gasteiger partial charge in [-0.05, 0) is 12.8 Å². The molecule has 1 aliphatic carbocycles. The average molecular weight is 203 g/mol. The van der Waals surface area contributed by atoms with Crippen LogP contribution in [0.1, 0.15) is 33.5 Å². The molecule has 1 aliphatic rings. The third kappa shape index (κ3) is 5.70. The third-order valence-electron chi connectivity index (χ3n) is 1.85. The molecule has 1 rings (SSSR count). The largest absolute Gasteiger partial charge is 1.00 e. The molecule has 3 N–H and O–H groups in total. The zero-order valence-electron chi connectivity index (χ0n) is 8.40. The first-order valence-electron chi connectivity index (χ1n) is 3.88. The van der Waals surface area contributed by atoms with Gasteiger partial charge in [-0.3, -0.25) is 4.52 Å². The van der Waals surface area contributed by atoms with Gasteiger partial charge in [-0.25, -0.2) is 10.1 Å². The third-order valence-corrected chi connectivity index (χ3v) is 2.45. The molecule has 0 amide bonds. The summed E-state index contributed by atoms with van der Waals surface area (Å²) in [4.78, 5) is 8.68. The van der Waals surface area contributed by atoms with E-state index in [4.69, 9.17) is 14.9 Å². The number of nitrogens with two attached hydrogens (primary N) is 1. The molecule has 1 atom stereocenters. The second-order valence-electron chi connectivity index (χ2n) is 2.93. The summed E-state index contributed by atoms with van der Waals surface area (Å²) in [6.07, 6.45) is 4.98. The van der Waals surface area contributed by atoms with Crippen molar-refractivity contribution in [2.75, 3.05) is 0 Å². The van der Waals surface area contributed by atoms with Crippen molar-refractivity contribution in [2.45, 2.75) is 38.2 Å². The van der Waals surface area contributed by atoms with E-state index in [0.29, 0.717) is 0 Å². The maximum atomic E-state index is 10.6. The van der Waals surface area contributed by atoms with E-state index in [1.807, 2.05) is 0 Å². The maximum absolute atomic E-state index is 10.6. The van der Waals surface area contributed by atoms with Gasteiger partial charge in [0.05, 0.1) is 6.10 Å². The number of hydrogen-bond acceptors (Lipinski definition) is 2. The standard InChI is InChI=1S/C6H14NO3P.Na.H/c7-11(8,9)10-6-4-2-1-3-5-6;;/h6H,1-5H2,(H3,7,8,9);;/q;+1;-1. The molecule has 0 aliphatic heterocycles. The fourth-order valence-electron chi connectivity index (χ4n) is 1.38. The number of rotatable bonds is 2. The second-order valence-corrected chi connectivity index (χ2v) is 4.27. The Bertz CT molecular complexity index is 171. The summed E-state index contributed by atoms with van der Waals surface area (Å²) >= 11 is 0. The zero-order chi connectivity index (χ0) is 8.32. The molecule has 4 nitrogen and oxygen atoms in total. The fourth-order valence-corrected chi connectivity index (χ4v) is 2.02. The molecule has 0 spiro atoms. The molecule has 1 fully saturated rings. The van der Waals surface area contributed by atoms with Crippen molar-refractivity contribution in [1.29, 1.82) is 0 Å². The van der Waals surface area contributed by atoms with Crippen molar-refractivity contribution in [1.82, 2.24) is 0 Å². The van der Waals surface area contributed by atoms with Crippen LogP contribution in [0.15, 0.2) is 0 Å². The molecule has 68 valence electrons. The minimum atomic E-state index is -3.73. The zero-order valence-corrected chi connectivity index (χ0v) is 10.3. The van der Waals surface area contributed by atoms with E-state index >= 15 is 0 Å². The van der Waals surface area contributed by atoms with Crippen LogP contribution >= 0.6 is 7.75 Å². The van der Waals surface area contributed by atoms with Crippen LogP contribution in [0, 0.1) is 0 Å². The van der Waals surface area contributed by atoms with Crippen LogP contribution in [0.5, 0.6) is 0 Å². The molecule has 12 heavy (non-hydrogen) atoms. The van der Waals surface area contributed by atoms with Crippen molar-refractivity contribution in [3.8, 4) is 0 Å². The van der Waals surface area contributed by atoms with Crippen LogP contribution in [0.25, 0.3) is 0 Å². The van der Waals surface area contributed by atoms with Gasteiger partial charge >= 0.3 is 37.3 Å². The van der Waals surface area contributed by atoms with Crippen LogP contribution in [0.2, 0.25) is 0 Å². The molecular weight excluding hydrogens is 188 g/mol. The Labute approximate surface area is 96.2 Å². The summed E-state index contributed by atoms with van der Waals surface area (Å²) in [5, 5.41) is 0. The summed E-state index contributed by atoms with van der Waals surface area (Å²) in [5.41, 5.74) is 4.86. The molecule has 1 saturated carbocycles. The topological polar surface area (TPSA) is 72.6 Å². The molecule has 0 saturated heterocycles. The van der Waals surface area contributed by atoms with Crippen LogP contribution in [0.4, 0.5) is 0 Å². The van der Waals surface area contributed by atoms with E-state index in [0.717, 1.165) is 25.7 Å². The first-order chi connectivity index (χ1) is 5.08. The fraction of sp³-hybridized carbons (Fsp3) is 1.00. The van der Waals surface area contributed by atoms with E-state index < -0.39 is 7.75 Å². The second kappa shape index (κ2) is 5.76. The van der Waals surface area contributed by atoms with E-state index in [2.05, 4.69) is 0 Å². The average Bonchev–Trinajstić information content (AvgIpc) is 1.85. The molecular formula is C6H15NNaO3P.